The summed E-state index contributed by atoms with van der Waals surface area (Å²) in [4.78, 5) is -0.773. The fourth-order valence-corrected chi connectivity index (χ4v) is 3.61. The van der Waals surface area contributed by atoms with Crippen molar-refractivity contribution in [1.29, 1.82) is 0 Å². The molecule has 0 radical (unpaired) electrons. The van der Waals surface area contributed by atoms with E-state index in [1.807, 2.05) is 0 Å². The largest absolute Gasteiger partial charge is 0.295 e. The molecule has 2 aromatic rings. The van der Waals surface area contributed by atoms with E-state index in [4.69, 9.17) is 4.55 Å². The van der Waals surface area contributed by atoms with Crippen LogP contribution in [0.1, 0.15) is 13.0 Å². The quantitative estimate of drug-likeness (QED) is 0.822. The van der Waals surface area contributed by atoms with E-state index in [9.17, 15) is 21.4 Å². The summed E-state index contributed by atoms with van der Waals surface area (Å²) in [5.41, 5.74) is 0.280. The Hall–Kier alpha value is -1.48. The number of hydrogen-bond acceptors (Lipinski definition) is 4. The summed E-state index contributed by atoms with van der Waals surface area (Å²) in [6, 6.07) is 6.54. The van der Waals surface area contributed by atoms with Crippen molar-refractivity contribution in [3.63, 3.8) is 0 Å². The molecule has 0 saturated heterocycles. The molecule has 0 saturated carbocycles. The van der Waals surface area contributed by atoms with Crippen LogP contribution in [-0.4, -0.2) is 25.9 Å². The lowest BCUT2D eigenvalue weighted by Gasteiger charge is -2.09. The van der Waals surface area contributed by atoms with Crippen LogP contribution in [0.2, 0.25) is 0 Å². The van der Waals surface area contributed by atoms with Gasteiger partial charge in [-0.15, -0.1) is 0 Å². The van der Waals surface area contributed by atoms with Gasteiger partial charge in [0.2, 0.25) is 0 Å². The van der Waals surface area contributed by atoms with Crippen LogP contribution in [0.4, 0.5) is 0 Å². The Balaban J connectivity index is 0.00000200. The van der Waals surface area contributed by atoms with E-state index in [-0.39, 0.29) is 28.7 Å². The van der Waals surface area contributed by atoms with Crippen LogP contribution in [0.25, 0.3) is 10.8 Å². The van der Waals surface area contributed by atoms with E-state index in [0.29, 0.717) is 0 Å². The maximum absolute atomic E-state index is 11.4. The van der Waals surface area contributed by atoms with Gasteiger partial charge in [-0.1, -0.05) is 31.7 Å². The van der Waals surface area contributed by atoms with Crippen LogP contribution in [0, 0.1) is 6.92 Å². The predicted octanol–water partition coefficient (Wildman–Crippen LogP) is 2.28. The van der Waals surface area contributed by atoms with Gasteiger partial charge in [-0.25, -0.2) is 0 Å². The van der Waals surface area contributed by atoms with Crippen molar-refractivity contribution in [3.05, 3.63) is 35.9 Å². The Kier molecular flexibility index (Phi) is 4.25. The minimum absolute atomic E-state index is 0. The van der Waals surface area contributed by atoms with Crippen molar-refractivity contribution in [2.75, 3.05) is 0 Å². The van der Waals surface area contributed by atoms with Crippen molar-refractivity contribution >= 4 is 31.0 Å². The first kappa shape index (κ1) is 16.6. The molecule has 6 nitrogen and oxygen atoms in total. The molecule has 0 unspecified atom stereocenters. The van der Waals surface area contributed by atoms with Crippen molar-refractivity contribution < 1.29 is 25.9 Å². The van der Waals surface area contributed by atoms with Crippen LogP contribution < -0.4 is 0 Å². The average molecular weight is 318 g/mol. The summed E-state index contributed by atoms with van der Waals surface area (Å²) < 4.78 is 63.5. The first-order valence-electron chi connectivity index (χ1n) is 5.09. The number of fused-ring (bicyclic) bond motifs is 1. The first-order valence-corrected chi connectivity index (χ1v) is 7.97. The zero-order valence-corrected chi connectivity index (χ0v) is 11.4. The van der Waals surface area contributed by atoms with Crippen LogP contribution in [-0.2, 0) is 20.2 Å². The highest BCUT2D eigenvalue weighted by Gasteiger charge is 2.21. The minimum atomic E-state index is -4.50. The second-order valence-electron chi connectivity index (χ2n) is 4.01. The molecule has 0 bridgehead atoms. The monoisotopic (exact) mass is 318 g/mol. The normalized spacial score (nSPS) is 12.2. The van der Waals surface area contributed by atoms with Gasteiger partial charge in [-0.2, -0.15) is 16.8 Å². The Morgan fingerprint density at radius 3 is 1.95 bits per heavy atom. The second kappa shape index (κ2) is 5.13. The summed E-state index contributed by atoms with van der Waals surface area (Å²) in [5, 5.41) is 0.0702. The maximum atomic E-state index is 11.4. The van der Waals surface area contributed by atoms with Crippen LogP contribution in [0.5, 0.6) is 0 Å². The highest BCUT2D eigenvalue weighted by molar-refractivity contribution is 7.86. The molecular formula is C12H14O6S2. The lowest BCUT2D eigenvalue weighted by Crippen LogP contribution is -2.04. The standard InChI is InChI=1S/C11H10O6S2.CH4/c1-7-5-6-8-9(11(7)19(15,16)17)3-2-4-10(8)18(12,13)14;/h2-6H,1H3,(H,12,13,14)(H,15,16,17);1H4. The summed E-state index contributed by atoms with van der Waals surface area (Å²) in [5.74, 6) is 0. The van der Waals surface area contributed by atoms with Gasteiger partial charge in [-0.3, -0.25) is 9.11 Å². The summed E-state index contributed by atoms with van der Waals surface area (Å²) in [6.45, 7) is 1.47. The number of hydrogen-bond donors (Lipinski definition) is 2. The van der Waals surface area contributed by atoms with E-state index in [1.54, 1.807) is 0 Å². The van der Waals surface area contributed by atoms with E-state index in [1.165, 1.54) is 31.2 Å². The molecule has 20 heavy (non-hydrogen) atoms. The molecule has 8 heteroatoms. The van der Waals surface area contributed by atoms with Gasteiger partial charge in [0.25, 0.3) is 20.2 Å². The van der Waals surface area contributed by atoms with E-state index >= 15 is 0 Å². The summed E-state index contributed by atoms with van der Waals surface area (Å²) in [7, 11) is -8.98. The molecule has 2 N–H and O–H groups in total. The van der Waals surface area contributed by atoms with Gasteiger partial charge in [-0.05, 0) is 18.6 Å². The summed E-state index contributed by atoms with van der Waals surface area (Å²) >= 11 is 0. The molecule has 0 atom stereocenters. The molecule has 0 amide bonds. The van der Waals surface area contributed by atoms with E-state index < -0.39 is 25.1 Å². The number of rotatable bonds is 2. The van der Waals surface area contributed by atoms with Crippen LogP contribution >= 0.6 is 0 Å². The number of benzene rings is 2. The van der Waals surface area contributed by atoms with E-state index in [2.05, 4.69) is 0 Å². The van der Waals surface area contributed by atoms with Crippen molar-refractivity contribution in [1.82, 2.24) is 0 Å². The fourth-order valence-electron chi connectivity index (χ4n) is 1.98. The molecule has 110 valence electrons. The maximum Gasteiger partial charge on any atom is 0.295 e. The molecule has 0 aliphatic rings. The Labute approximate surface area is 117 Å². The zero-order valence-electron chi connectivity index (χ0n) is 9.73. The van der Waals surface area contributed by atoms with Gasteiger partial charge < -0.3 is 0 Å². The fraction of sp³-hybridized carbons (Fsp3) is 0.167. The molecule has 2 aromatic carbocycles. The number of aryl methyl sites for hydroxylation is 1. The molecule has 2 rings (SSSR count). The summed E-state index contributed by atoms with van der Waals surface area (Å²) in [6.07, 6.45) is 0. The minimum Gasteiger partial charge on any atom is -0.282 e. The van der Waals surface area contributed by atoms with Crippen molar-refractivity contribution in [3.8, 4) is 0 Å². The smallest absolute Gasteiger partial charge is 0.282 e. The van der Waals surface area contributed by atoms with Gasteiger partial charge >= 0.3 is 0 Å². The highest BCUT2D eigenvalue weighted by Crippen LogP contribution is 2.30. The molecule has 0 aliphatic heterocycles. The average Bonchev–Trinajstić information content (AvgIpc) is 2.24. The van der Waals surface area contributed by atoms with Gasteiger partial charge in [0.1, 0.15) is 9.79 Å². The van der Waals surface area contributed by atoms with Gasteiger partial charge in [0.15, 0.2) is 0 Å². The Morgan fingerprint density at radius 1 is 0.850 bits per heavy atom. The molecule has 0 fully saturated rings. The van der Waals surface area contributed by atoms with E-state index in [0.717, 1.165) is 6.07 Å². The molecule has 0 aliphatic carbocycles. The Bertz CT molecular complexity index is 866. The van der Waals surface area contributed by atoms with Crippen LogP contribution in [0.3, 0.4) is 0 Å². The Morgan fingerprint density at radius 2 is 1.45 bits per heavy atom. The zero-order chi connectivity index (χ0) is 14.4. The topological polar surface area (TPSA) is 109 Å². The SMILES string of the molecule is C.Cc1ccc2c(S(=O)(=O)O)cccc2c1S(=O)(=O)O. The lowest BCUT2D eigenvalue weighted by atomic mass is 10.1. The second-order valence-corrected chi connectivity index (χ2v) is 6.76. The van der Waals surface area contributed by atoms with Crippen LogP contribution in [0.15, 0.2) is 40.1 Å². The predicted molar refractivity (Wildman–Crippen MR) is 75.0 cm³/mol. The molecule has 0 aromatic heterocycles. The molecule has 0 spiro atoms. The third-order valence-corrected chi connectivity index (χ3v) is 4.67. The molecule has 0 heterocycles. The third-order valence-electron chi connectivity index (χ3n) is 2.70. The van der Waals surface area contributed by atoms with Gasteiger partial charge in [0, 0.05) is 10.8 Å². The third kappa shape index (κ3) is 2.83. The van der Waals surface area contributed by atoms with Crippen molar-refractivity contribution in [2.24, 2.45) is 0 Å². The highest BCUT2D eigenvalue weighted by atomic mass is 32.2. The van der Waals surface area contributed by atoms with Crippen molar-refractivity contribution in [2.45, 2.75) is 24.1 Å². The first-order chi connectivity index (χ1) is 8.62. The van der Waals surface area contributed by atoms with Gasteiger partial charge in [0.05, 0.1) is 0 Å². The molecular weight excluding hydrogens is 304 g/mol. The lowest BCUT2D eigenvalue weighted by molar-refractivity contribution is 0.480.